The second-order valence-electron chi connectivity index (χ2n) is 5.55. The minimum absolute atomic E-state index is 0.0433. The maximum atomic E-state index is 11.9. The van der Waals surface area contributed by atoms with Crippen molar-refractivity contribution in [2.75, 3.05) is 13.1 Å². The Balaban J connectivity index is 1.82. The largest absolute Gasteiger partial charge is 0.356 e. The van der Waals surface area contributed by atoms with Crippen LogP contribution in [0.25, 0.3) is 0 Å². The molecule has 0 aromatic heterocycles. The minimum Gasteiger partial charge on any atom is -0.356 e. The third kappa shape index (κ3) is 4.77. The van der Waals surface area contributed by atoms with Gasteiger partial charge in [0, 0.05) is 31.1 Å². The van der Waals surface area contributed by atoms with Crippen LogP contribution in [0.4, 0.5) is 0 Å². The lowest BCUT2D eigenvalue weighted by Crippen LogP contribution is -2.28. The number of amides is 1. The van der Waals surface area contributed by atoms with Gasteiger partial charge in [-0.3, -0.25) is 14.5 Å². The van der Waals surface area contributed by atoms with Crippen molar-refractivity contribution in [1.29, 1.82) is 0 Å². The molecule has 0 radical (unpaired) electrons. The highest BCUT2D eigenvalue weighted by atomic mass is 32.2. The molecule has 0 saturated heterocycles. The monoisotopic (exact) mass is 338 g/mol. The molecular weight excluding hydrogens is 316 g/mol. The van der Waals surface area contributed by atoms with E-state index in [0.717, 1.165) is 6.42 Å². The van der Waals surface area contributed by atoms with Crippen LogP contribution in [0.15, 0.2) is 34.2 Å². The van der Waals surface area contributed by atoms with Gasteiger partial charge in [-0.05, 0) is 31.9 Å². The predicted molar refractivity (Wildman–Crippen MR) is 88.7 cm³/mol. The fraction of sp³-hybridized carbons (Fsp3) is 0.467. The van der Waals surface area contributed by atoms with Crippen LogP contribution >= 0.6 is 0 Å². The van der Waals surface area contributed by atoms with Gasteiger partial charge in [0.1, 0.15) is 5.84 Å². The fourth-order valence-electron chi connectivity index (χ4n) is 2.21. The number of fused-ring (bicyclic) bond motifs is 1. The molecule has 4 N–H and O–H groups in total. The van der Waals surface area contributed by atoms with Crippen LogP contribution in [0, 0.1) is 0 Å². The SMILES string of the molecule is CC(N)CCNC(=O)CCCN=C1NS(=O)(=O)c2ccccc21. The molecule has 1 aromatic rings. The number of carbonyl (C=O) groups is 1. The first kappa shape index (κ1) is 17.4. The summed E-state index contributed by atoms with van der Waals surface area (Å²) in [6.45, 7) is 2.84. The van der Waals surface area contributed by atoms with E-state index in [0.29, 0.717) is 37.3 Å². The highest BCUT2D eigenvalue weighted by molar-refractivity contribution is 7.90. The number of amidine groups is 1. The van der Waals surface area contributed by atoms with Gasteiger partial charge >= 0.3 is 0 Å². The first-order valence-corrected chi connectivity index (χ1v) is 9.07. The van der Waals surface area contributed by atoms with Crippen LogP contribution in [0.3, 0.4) is 0 Å². The van der Waals surface area contributed by atoms with Gasteiger partial charge in [0.15, 0.2) is 0 Å². The molecule has 7 nitrogen and oxygen atoms in total. The van der Waals surface area contributed by atoms with Gasteiger partial charge in [-0.15, -0.1) is 0 Å². The summed E-state index contributed by atoms with van der Waals surface area (Å²) in [6.07, 6.45) is 1.65. The number of aliphatic imine (C=N–C) groups is 1. The van der Waals surface area contributed by atoms with E-state index in [2.05, 4.69) is 15.0 Å². The first-order chi connectivity index (χ1) is 10.9. The van der Waals surface area contributed by atoms with Crippen LogP contribution in [0.2, 0.25) is 0 Å². The average Bonchev–Trinajstić information content (AvgIpc) is 2.75. The predicted octanol–water partition coefficient (Wildman–Crippen LogP) is 0.359. The zero-order chi connectivity index (χ0) is 16.9. The van der Waals surface area contributed by atoms with Gasteiger partial charge in [-0.1, -0.05) is 12.1 Å². The number of nitrogens with zero attached hydrogens (tertiary/aromatic N) is 1. The molecule has 8 heteroatoms. The lowest BCUT2D eigenvalue weighted by atomic mass is 10.2. The Morgan fingerprint density at radius 3 is 2.87 bits per heavy atom. The number of rotatable bonds is 7. The quantitative estimate of drug-likeness (QED) is 0.623. The highest BCUT2D eigenvalue weighted by Crippen LogP contribution is 2.22. The summed E-state index contributed by atoms with van der Waals surface area (Å²) in [5.74, 6) is 0.302. The molecule has 1 aliphatic rings. The highest BCUT2D eigenvalue weighted by Gasteiger charge is 2.29. The van der Waals surface area contributed by atoms with Crippen molar-refractivity contribution in [2.45, 2.75) is 37.1 Å². The van der Waals surface area contributed by atoms with Crippen molar-refractivity contribution < 1.29 is 13.2 Å². The summed E-state index contributed by atoms with van der Waals surface area (Å²) in [5, 5.41) is 2.79. The number of carbonyl (C=O) groups excluding carboxylic acids is 1. The van der Waals surface area contributed by atoms with Crippen molar-refractivity contribution in [3.8, 4) is 0 Å². The molecule has 0 aliphatic carbocycles. The van der Waals surface area contributed by atoms with Crippen molar-refractivity contribution in [2.24, 2.45) is 10.7 Å². The molecule has 126 valence electrons. The zero-order valence-corrected chi connectivity index (χ0v) is 13.9. The molecule has 23 heavy (non-hydrogen) atoms. The van der Waals surface area contributed by atoms with Crippen molar-refractivity contribution in [1.82, 2.24) is 10.0 Å². The summed E-state index contributed by atoms with van der Waals surface area (Å²) < 4.78 is 26.3. The van der Waals surface area contributed by atoms with E-state index >= 15 is 0 Å². The molecule has 1 unspecified atom stereocenters. The van der Waals surface area contributed by atoms with E-state index in [-0.39, 0.29) is 16.8 Å². The van der Waals surface area contributed by atoms with Gasteiger partial charge in [-0.25, -0.2) is 8.42 Å². The minimum atomic E-state index is -3.50. The molecule has 0 spiro atoms. The van der Waals surface area contributed by atoms with Gasteiger partial charge in [0.25, 0.3) is 10.0 Å². The molecular formula is C15H22N4O3S. The maximum Gasteiger partial charge on any atom is 0.263 e. The molecule has 0 fully saturated rings. The first-order valence-electron chi connectivity index (χ1n) is 7.59. The Morgan fingerprint density at radius 2 is 2.13 bits per heavy atom. The topological polar surface area (TPSA) is 114 Å². The van der Waals surface area contributed by atoms with E-state index in [1.807, 2.05) is 6.92 Å². The van der Waals surface area contributed by atoms with E-state index < -0.39 is 10.0 Å². The number of nitrogens with one attached hydrogen (secondary N) is 2. The van der Waals surface area contributed by atoms with Crippen molar-refractivity contribution in [3.63, 3.8) is 0 Å². The average molecular weight is 338 g/mol. The molecule has 0 bridgehead atoms. The standard InChI is InChI=1S/C15H22N4O3S/c1-11(16)8-10-17-14(20)7-4-9-18-15-12-5-2-3-6-13(12)23(21,22)19-15/h2-3,5-6,11H,4,7-10,16H2,1H3,(H,17,20)(H,18,19). The van der Waals surface area contributed by atoms with Crippen LogP contribution in [-0.2, 0) is 14.8 Å². The molecule has 0 saturated carbocycles. The van der Waals surface area contributed by atoms with Gasteiger partial charge in [0.05, 0.1) is 4.90 Å². The van der Waals surface area contributed by atoms with E-state index in [1.165, 1.54) is 0 Å². The third-order valence-electron chi connectivity index (χ3n) is 3.42. The summed E-state index contributed by atoms with van der Waals surface area (Å²) >= 11 is 0. The summed E-state index contributed by atoms with van der Waals surface area (Å²) in [4.78, 5) is 16.1. The van der Waals surface area contributed by atoms with E-state index in [1.54, 1.807) is 24.3 Å². The molecule has 1 heterocycles. The van der Waals surface area contributed by atoms with Gasteiger partial charge < -0.3 is 11.1 Å². The lowest BCUT2D eigenvalue weighted by Gasteiger charge is -2.06. The number of benzene rings is 1. The summed E-state index contributed by atoms with van der Waals surface area (Å²) in [6, 6.07) is 6.77. The molecule has 1 aliphatic heterocycles. The maximum absolute atomic E-state index is 11.9. The Bertz CT molecular complexity index is 698. The van der Waals surface area contributed by atoms with Crippen LogP contribution in [0.5, 0.6) is 0 Å². The molecule has 1 atom stereocenters. The second-order valence-corrected chi connectivity index (χ2v) is 7.20. The summed E-state index contributed by atoms with van der Waals surface area (Å²) in [5.41, 5.74) is 6.18. The van der Waals surface area contributed by atoms with Crippen molar-refractivity contribution >= 4 is 21.8 Å². The molecule has 1 amide bonds. The van der Waals surface area contributed by atoms with Gasteiger partial charge in [0.2, 0.25) is 5.91 Å². The Morgan fingerprint density at radius 1 is 1.39 bits per heavy atom. The van der Waals surface area contributed by atoms with Crippen molar-refractivity contribution in [3.05, 3.63) is 29.8 Å². The number of hydrogen-bond acceptors (Lipinski definition) is 5. The number of hydrogen-bond donors (Lipinski definition) is 3. The van der Waals surface area contributed by atoms with E-state index in [9.17, 15) is 13.2 Å². The lowest BCUT2D eigenvalue weighted by molar-refractivity contribution is -0.121. The third-order valence-corrected chi connectivity index (χ3v) is 4.81. The fourth-order valence-corrected chi connectivity index (χ4v) is 3.46. The van der Waals surface area contributed by atoms with Gasteiger partial charge in [-0.2, -0.15) is 0 Å². The second kappa shape index (κ2) is 7.56. The van der Waals surface area contributed by atoms with E-state index in [4.69, 9.17) is 5.73 Å². The Kier molecular flexibility index (Phi) is 5.73. The summed E-state index contributed by atoms with van der Waals surface area (Å²) in [7, 11) is -3.50. The zero-order valence-electron chi connectivity index (χ0n) is 13.1. The van der Waals surface area contributed by atoms with Crippen LogP contribution < -0.4 is 15.8 Å². The molecule has 1 aromatic carbocycles. The Labute approximate surface area is 136 Å². The normalized spacial score (nSPS) is 18.3. The van der Waals surface area contributed by atoms with Crippen LogP contribution in [-0.4, -0.2) is 39.3 Å². The smallest absolute Gasteiger partial charge is 0.263 e. The molecule has 2 rings (SSSR count). The Hall–Kier alpha value is -1.93. The van der Waals surface area contributed by atoms with Crippen LogP contribution in [0.1, 0.15) is 31.7 Å². The number of sulfonamides is 1. The number of nitrogens with two attached hydrogens (primary N) is 1.